The largest absolute Gasteiger partial charge is 0.496 e. The lowest BCUT2D eigenvalue weighted by Crippen LogP contribution is -1.91. The van der Waals surface area contributed by atoms with Crippen LogP contribution in [0.3, 0.4) is 0 Å². The zero-order valence-electron chi connectivity index (χ0n) is 15.6. The van der Waals surface area contributed by atoms with Crippen LogP contribution in [0.15, 0.2) is 67.0 Å². The molecule has 0 unspecified atom stereocenters. The zero-order valence-corrected chi connectivity index (χ0v) is 16.4. The van der Waals surface area contributed by atoms with Gasteiger partial charge in [0, 0.05) is 23.5 Å². The van der Waals surface area contributed by atoms with Crippen LogP contribution < -0.4 is 4.74 Å². The first-order chi connectivity index (χ1) is 13.2. The minimum atomic E-state index is 0.912. The van der Waals surface area contributed by atoms with Crippen LogP contribution in [0.4, 0.5) is 0 Å². The van der Waals surface area contributed by atoms with Gasteiger partial charge in [0.1, 0.15) is 5.75 Å². The van der Waals surface area contributed by atoms with Gasteiger partial charge in [0.05, 0.1) is 17.7 Å². The first-order valence-corrected chi connectivity index (χ1v) is 9.57. The van der Waals surface area contributed by atoms with Crippen LogP contribution in [0.1, 0.15) is 11.1 Å². The molecule has 0 aliphatic rings. The molecule has 0 fully saturated rings. The average molecular weight is 372 g/mol. The minimum absolute atomic E-state index is 0.912. The molecule has 2 heterocycles. The Morgan fingerprint density at radius 1 is 0.889 bits per heavy atom. The van der Waals surface area contributed by atoms with E-state index in [1.807, 2.05) is 30.6 Å². The lowest BCUT2D eigenvalue weighted by molar-refractivity contribution is 0.411. The van der Waals surface area contributed by atoms with Crippen LogP contribution in [0.2, 0.25) is 0 Å². The van der Waals surface area contributed by atoms with Crippen LogP contribution in [0, 0.1) is 13.8 Å². The molecule has 0 amide bonds. The maximum absolute atomic E-state index is 5.55. The van der Waals surface area contributed by atoms with Gasteiger partial charge in [0.25, 0.3) is 0 Å². The van der Waals surface area contributed by atoms with Gasteiger partial charge in [-0.05, 0) is 65.8 Å². The van der Waals surface area contributed by atoms with Crippen molar-refractivity contribution in [2.24, 2.45) is 0 Å². The highest BCUT2D eigenvalue weighted by Crippen LogP contribution is 2.38. The second-order valence-corrected chi connectivity index (χ2v) is 7.28. The Bertz CT molecular complexity index is 1070. The molecule has 27 heavy (non-hydrogen) atoms. The molecule has 0 radical (unpaired) electrons. The minimum Gasteiger partial charge on any atom is -0.496 e. The van der Waals surface area contributed by atoms with Gasteiger partial charge in [0.15, 0.2) is 0 Å². The maximum Gasteiger partial charge on any atom is 0.122 e. The van der Waals surface area contributed by atoms with Crippen molar-refractivity contribution in [1.82, 2.24) is 9.36 Å². The van der Waals surface area contributed by atoms with E-state index >= 15 is 0 Å². The molecule has 2 aromatic heterocycles. The van der Waals surface area contributed by atoms with E-state index in [9.17, 15) is 0 Å². The molecule has 4 aromatic rings. The monoisotopic (exact) mass is 372 g/mol. The van der Waals surface area contributed by atoms with E-state index in [1.165, 1.54) is 22.7 Å². The standard InChI is InChI=1S/C23H20N2OS/c1-15-12-19(13-22(26-3)16(15)2)23-20(14-25-27-23)17-7-9-18(10-8-17)21-6-4-5-11-24-21/h4-14H,1-3H3. The second kappa shape index (κ2) is 7.33. The Morgan fingerprint density at radius 2 is 1.67 bits per heavy atom. The number of hydrogen-bond donors (Lipinski definition) is 0. The molecule has 0 saturated heterocycles. The summed E-state index contributed by atoms with van der Waals surface area (Å²) in [6.45, 7) is 4.20. The Hall–Kier alpha value is -2.98. The third kappa shape index (κ3) is 3.36. The van der Waals surface area contributed by atoms with Crippen molar-refractivity contribution in [2.45, 2.75) is 13.8 Å². The SMILES string of the molecule is COc1cc(-c2sncc2-c2ccc(-c3ccccn3)cc2)cc(C)c1C. The van der Waals surface area contributed by atoms with E-state index in [2.05, 4.69) is 59.6 Å². The number of benzene rings is 2. The number of aromatic nitrogens is 2. The van der Waals surface area contributed by atoms with Crippen LogP contribution in [-0.2, 0) is 0 Å². The fourth-order valence-corrected chi connectivity index (χ4v) is 3.93. The van der Waals surface area contributed by atoms with Crippen LogP contribution in [-0.4, -0.2) is 16.5 Å². The molecule has 3 nitrogen and oxygen atoms in total. The molecule has 134 valence electrons. The summed E-state index contributed by atoms with van der Waals surface area (Å²) >= 11 is 1.51. The van der Waals surface area contributed by atoms with Gasteiger partial charge in [-0.15, -0.1) is 0 Å². The normalized spacial score (nSPS) is 10.8. The number of nitrogens with zero attached hydrogens (tertiary/aromatic N) is 2. The predicted molar refractivity (Wildman–Crippen MR) is 112 cm³/mol. The highest BCUT2D eigenvalue weighted by Gasteiger charge is 2.14. The quantitative estimate of drug-likeness (QED) is 0.430. The third-order valence-electron chi connectivity index (χ3n) is 4.83. The highest BCUT2D eigenvalue weighted by atomic mass is 32.1. The van der Waals surface area contributed by atoms with Crippen LogP contribution in [0.25, 0.3) is 32.8 Å². The summed E-state index contributed by atoms with van der Waals surface area (Å²) in [6, 6.07) is 18.8. The Kier molecular flexibility index (Phi) is 4.73. The molecule has 0 aliphatic carbocycles. The number of aryl methyl sites for hydroxylation is 1. The van der Waals surface area contributed by atoms with Crippen molar-refractivity contribution in [3.63, 3.8) is 0 Å². The molecular weight excluding hydrogens is 352 g/mol. The van der Waals surface area contributed by atoms with Crippen LogP contribution >= 0.6 is 11.5 Å². The first-order valence-electron chi connectivity index (χ1n) is 8.79. The van der Waals surface area contributed by atoms with E-state index in [-0.39, 0.29) is 0 Å². The Balaban J connectivity index is 1.74. The molecular formula is C23H20N2OS. The number of ether oxygens (including phenoxy) is 1. The van der Waals surface area contributed by atoms with Crippen molar-refractivity contribution in [3.05, 3.63) is 78.1 Å². The summed E-state index contributed by atoms with van der Waals surface area (Å²) in [7, 11) is 1.72. The van der Waals surface area contributed by atoms with E-state index in [0.717, 1.165) is 38.6 Å². The van der Waals surface area contributed by atoms with Gasteiger partial charge in [-0.3, -0.25) is 4.98 Å². The summed E-state index contributed by atoms with van der Waals surface area (Å²) in [4.78, 5) is 5.57. The van der Waals surface area contributed by atoms with E-state index in [1.54, 1.807) is 7.11 Å². The number of methoxy groups -OCH3 is 1. The van der Waals surface area contributed by atoms with Gasteiger partial charge >= 0.3 is 0 Å². The topological polar surface area (TPSA) is 35.0 Å². The third-order valence-corrected chi connectivity index (χ3v) is 5.68. The van der Waals surface area contributed by atoms with Gasteiger partial charge in [-0.25, -0.2) is 0 Å². The predicted octanol–water partition coefficient (Wildman–Crippen LogP) is 6.16. The van der Waals surface area contributed by atoms with Crippen molar-refractivity contribution in [1.29, 1.82) is 0 Å². The number of pyridine rings is 1. The van der Waals surface area contributed by atoms with Crippen molar-refractivity contribution in [2.75, 3.05) is 7.11 Å². The van der Waals surface area contributed by atoms with E-state index < -0.39 is 0 Å². The molecule has 4 heteroatoms. The molecule has 0 atom stereocenters. The molecule has 0 N–H and O–H groups in total. The summed E-state index contributed by atoms with van der Waals surface area (Å²) in [5, 5.41) is 0. The maximum atomic E-state index is 5.55. The number of rotatable bonds is 4. The van der Waals surface area contributed by atoms with Crippen molar-refractivity contribution >= 4 is 11.5 Å². The van der Waals surface area contributed by atoms with Crippen molar-refractivity contribution < 1.29 is 4.74 Å². The van der Waals surface area contributed by atoms with Gasteiger partial charge in [-0.1, -0.05) is 36.4 Å². The van der Waals surface area contributed by atoms with E-state index in [4.69, 9.17) is 4.74 Å². The fourth-order valence-electron chi connectivity index (χ4n) is 3.18. The smallest absolute Gasteiger partial charge is 0.122 e. The fraction of sp³-hybridized carbons (Fsp3) is 0.130. The van der Waals surface area contributed by atoms with Gasteiger partial charge in [0.2, 0.25) is 0 Å². The number of hydrogen-bond acceptors (Lipinski definition) is 4. The lowest BCUT2D eigenvalue weighted by Gasteiger charge is -2.11. The molecule has 0 aliphatic heterocycles. The molecule has 0 bridgehead atoms. The lowest BCUT2D eigenvalue weighted by atomic mass is 9.98. The molecule has 4 rings (SSSR count). The van der Waals surface area contributed by atoms with Crippen molar-refractivity contribution in [3.8, 4) is 38.6 Å². The Morgan fingerprint density at radius 3 is 2.37 bits per heavy atom. The first kappa shape index (κ1) is 17.4. The summed E-state index contributed by atoms with van der Waals surface area (Å²) < 4.78 is 10.0. The average Bonchev–Trinajstić information content (AvgIpc) is 3.20. The molecule has 0 spiro atoms. The molecule has 2 aromatic carbocycles. The zero-order chi connectivity index (χ0) is 18.8. The van der Waals surface area contributed by atoms with Crippen LogP contribution in [0.5, 0.6) is 5.75 Å². The molecule has 0 saturated carbocycles. The summed E-state index contributed by atoms with van der Waals surface area (Å²) in [5.41, 5.74) is 7.90. The van der Waals surface area contributed by atoms with E-state index in [0.29, 0.717) is 0 Å². The summed E-state index contributed by atoms with van der Waals surface area (Å²) in [5.74, 6) is 0.912. The highest BCUT2D eigenvalue weighted by molar-refractivity contribution is 7.10. The van der Waals surface area contributed by atoms with Gasteiger partial charge in [-0.2, -0.15) is 4.37 Å². The van der Waals surface area contributed by atoms with Gasteiger partial charge < -0.3 is 4.74 Å². The second-order valence-electron chi connectivity index (χ2n) is 6.48. The Labute approximate surface area is 163 Å². The summed E-state index contributed by atoms with van der Waals surface area (Å²) in [6.07, 6.45) is 3.76.